The summed E-state index contributed by atoms with van der Waals surface area (Å²) in [4.78, 5) is 54.1. The SMILES string of the molecule is C[C@@H]1C(=O)[C@@]2(C)CC[C@]34C[C@]56OC(=O)C[C@@]5(O)OC(C)(C)[C@@H]6CC=C3C(=O)[C@@]3(O[C@H]5[C@H](OC(=O)[C@]5(C)O)[C@@H]1[C@H]32)O4. The first-order valence-electron chi connectivity index (χ1n) is 14.2. The molecule has 0 aromatic rings. The Morgan fingerprint density at radius 3 is 2.45 bits per heavy atom. The Morgan fingerprint density at radius 1 is 1.00 bits per heavy atom. The van der Waals surface area contributed by atoms with Crippen LogP contribution >= 0.6 is 0 Å². The number of esters is 2. The monoisotopic (exact) mass is 558 g/mol. The number of ether oxygens (including phenoxy) is 5. The molecule has 0 aromatic carbocycles. The van der Waals surface area contributed by atoms with Gasteiger partial charge in [-0.15, -0.1) is 0 Å². The van der Waals surface area contributed by atoms with Crippen LogP contribution in [0.3, 0.4) is 0 Å². The largest absolute Gasteiger partial charge is 0.457 e. The topological polar surface area (TPSA) is 155 Å². The predicted molar refractivity (Wildman–Crippen MR) is 130 cm³/mol. The number of Topliss-reactive ketones (excluding diaryl/α,β-unsaturated/α-hetero) is 2. The van der Waals surface area contributed by atoms with Crippen LogP contribution in [0.25, 0.3) is 0 Å². The zero-order valence-electron chi connectivity index (χ0n) is 23.1. The Balaban J connectivity index is 1.34. The van der Waals surface area contributed by atoms with Crippen LogP contribution in [-0.2, 0) is 42.9 Å². The van der Waals surface area contributed by atoms with Gasteiger partial charge in [-0.05, 0) is 40.0 Å². The molecule has 6 saturated heterocycles. The van der Waals surface area contributed by atoms with Crippen LogP contribution in [-0.4, -0.2) is 79.9 Å². The predicted octanol–water partition coefficient (Wildman–Crippen LogP) is 0.867. The van der Waals surface area contributed by atoms with Gasteiger partial charge < -0.3 is 33.9 Å². The molecule has 40 heavy (non-hydrogen) atoms. The Morgan fingerprint density at radius 2 is 1.73 bits per heavy atom. The molecule has 11 heteroatoms. The second-order valence-electron chi connectivity index (χ2n) is 14.4. The quantitative estimate of drug-likeness (QED) is 0.407. The zero-order valence-corrected chi connectivity index (χ0v) is 23.1. The van der Waals surface area contributed by atoms with Crippen LogP contribution in [0.2, 0.25) is 0 Å². The fraction of sp³-hybridized carbons (Fsp3) is 0.793. The minimum absolute atomic E-state index is 0.0594. The summed E-state index contributed by atoms with van der Waals surface area (Å²) < 4.78 is 31.2. The summed E-state index contributed by atoms with van der Waals surface area (Å²) in [5, 5.41) is 22.9. The first-order chi connectivity index (χ1) is 18.5. The lowest BCUT2D eigenvalue weighted by atomic mass is 9.62. The van der Waals surface area contributed by atoms with Gasteiger partial charge in [0.25, 0.3) is 0 Å². The summed E-state index contributed by atoms with van der Waals surface area (Å²) in [5.74, 6) is -8.32. The number of carbonyl (C=O) groups is 4. The molecule has 0 radical (unpaired) electrons. The molecule has 0 aromatic heterocycles. The van der Waals surface area contributed by atoms with Gasteiger partial charge >= 0.3 is 11.9 Å². The number of hydrogen-bond donors (Lipinski definition) is 2. The summed E-state index contributed by atoms with van der Waals surface area (Å²) in [6.07, 6.45) is 0.0827. The van der Waals surface area contributed by atoms with E-state index in [-0.39, 0.29) is 31.5 Å². The molecule has 11 nitrogen and oxygen atoms in total. The highest BCUT2D eigenvalue weighted by molar-refractivity contribution is 6.07. The van der Waals surface area contributed by atoms with Crippen molar-refractivity contribution < 1.29 is 53.1 Å². The highest BCUT2D eigenvalue weighted by atomic mass is 16.7. The first-order valence-corrected chi connectivity index (χ1v) is 14.2. The Hall–Kier alpha value is -2.18. The standard InChI is InChI=1S/C29H34O11/c1-12-16-17-21(25(5,34)22(33)36-17)38-29-18(16)24(4,19(12)31)8-9-26(40-29)11-27-14(7-6-13(26)20(29)32)23(2,3)39-28(27,35)10-15(30)37-27/h6,12,14,16-18,21,34-35H,7-11H2,1-5H3/t12-,14-,16+,17+,18-,21-,24-,25+,26-,27+,28+,29-/m0/s1. The molecule has 0 unspecified atom stereocenters. The number of allylic oxidation sites excluding steroid dienone is 1. The van der Waals surface area contributed by atoms with Crippen LogP contribution in [0, 0.1) is 29.1 Å². The van der Waals surface area contributed by atoms with Gasteiger partial charge in [-0.25, -0.2) is 4.79 Å². The van der Waals surface area contributed by atoms with Gasteiger partial charge in [0.15, 0.2) is 11.2 Å². The molecule has 0 amide bonds. The first kappa shape index (κ1) is 25.5. The minimum atomic E-state index is -2.05. The summed E-state index contributed by atoms with van der Waals surface area (Å²) in [5.41, 5.74) is -6.47. The number of aliphatic hydroxyl groups is 2. The van der Waals surface area contributed by atoms with Crippen LogP contribution in [0.1, 0.15) is 66.7 Å². The van der Waals surface area contributed by atoms with Gasteiger partial charge in [-0.3, -0.25) is 14.4 Å². The van der Waals surface area contributed by atoms with E-state index in [4.69, 9.17) is 23.7 Å². The molecule has 6 heterocycles. The van der Waals surface area contributed by atoms with Crippen molar-refractivity contribution in [1.29, 1.82) is 0 Å². The number of rotatable bonds is 0. The summed E-state index contributed by atoms with van der Waals surface area (Å²) in [6, 6.07) is 0. The van der Waals surface area contributed by atoms with Crippen molar-refractivity contribution in [3.63, 3.8) is 0 Å². The second-order valence-corrected chi connectivity index (χ2v) is 14.4. The highest BCUT2D eigenvalue weighted by Crippen LogP contribution is 2.71. The summed E-state index contributed by atoms with van der Waals surface area (Å²) >= 11 is 0. The molecule has 6 aliphatic heterocycles. The number of carbonyl (C=O) groups excluding carboxylic acids is 4. The molecule has 1 saturated carbocycles. The van der Waals surface area contributed by atoms with E-state index in [9.17, 15) is 29.4 Å². The molecule has 7 fully saturated rings. The molecule has 12 atom stereocenters. The Bertz CT molecular complexity index is 1370. The van der Waals surface area contributed by atoms with Gasteiger partial charge in [0, 0.05) is 41.1 Å². The third-order valence-electron chi connectivity index (χ3n) is 12.0. The van der Waals surface area contributed by atoms with E-state index in [1.807, 2.05) is 20.8 Å². The van der Waals surface area contributed by atoms with Crippen molar-refractivity contribution in [1.82, 2.24) is 0 Å². The van der Waals surface area contributed by atoms with Gasteiger partial charge in [0.05, 0.1) is 5.60 Å². The van der Waals surface area contributed by atoms with Crippen LogP contribution in [0.4, 0.5) is 0 Å². The van der Waals surface area contributed by atoms with E-state index in [0.717, 1.165) is 0 Å². The lowest BCUT2D eigenvalue weighted by Gasteiger charge is -2.50. The second kappa shape index (κ2) is 6.72. The van der Waals surface area contributed by atoms with Crippen molar-refractivity contribution in [2.45, 2.75) is 113 Å². The van der Waals surface area contributed by atoms with Crippen molar-refractivity contribution in [3.8, 4) is 0 Å². The molecule has 2 bridgehead atoms. The minimum Gasteiger partial charge on any atom is -0.457 e. The average molecular weight is 559 g/mol. The maximum absolute atomic E-state index is 14.7. The summed E-state index contributed by atoms with van der Waals surface area (Å²) in [6.45, 7) is 8.55. The lowest BCUT2D eigenvalue weighted by Crippen LogP contribution is -2.65. The molecule has 2 aliphatic carbocycles. The van der Waals surface area contributed by atoms with E-state index >= 15 is 0 Å². The molecule has 3 spiro atoms. The van der Waals surface area contributed by atoms with Crippen LogP contribution < -0.4 is 0 Å². The van der Waals surface area contributed by atoms with Crippen LogP contribution in [0.5, 0.6) is 0 Å². The molecule has 2 N–H and O–H groups in total. The normalized spacial score (nSPS) is 58.6. The maximum atomic E-state index is 14.7. The van der Waals surface area contributed by atoms with Crippen molar-refractivity contribution in [2.75, 3.05) is 0 Å². The molecule has 8 rings (SSSR count). The lowest BCUT2D eigenvalue weighted by molar-refractivity contribution is -0.340. The van der Waals surface area contributed by atoms with E-state index in [1.165, 1.54) is 6.92 Å². The average Bonchev–Trinajstić information content (AvgIpc) is 3.35. The highest BCUT2D eigenvalue weighted by Gasteiger charge is 2.84. The van der Waals surface area contributed by atoms with Gasteiger partial charge in [0.1, 0.15) is 30.0 Å². The summed E-state index contributed by atoms with van der Waals surface area (Å²) in [7, 11) is 0. The zero-order chi connectivity index (χ0) is 28.6. The van der Waals surface area contributed by atoms with Crippen LogP contribution in [0.15, 0.2) is 11.6 Å². The van der Waals surface area contributed by atoms with Gasteiger partial charge in [-0.1, -0.05) is 19.9 Å². The Kier molecular flexibility index (Phi) is 4.29. The van der Waals surface area contributed by atoms with Crippen molar-refractivity contribution in [3.05, 3.63) is 11.6 Å². The maximum Gasteiger partial charge on any atom is 0.341 e. The number of fused-ring (bicyclic) bond motifs is 2. The number of ketones is 2. The van der Waals surface area contributed by atoms with E-state index in [2.05, 4.69) is 0 Å². The fourth-order valence-corrected chi connectivity index (χ4v) is 10.3. The molecular weight excluding hydrogens is 524 g/mol. The third-order valence-corrected chi connectivity index (χ3v) is 12.0. The van der Waals surface area contributed by atoms with Gasteiger partial charge in [0.2, 0.25) is 17.4 Å². The smallest absolute Gasteiger partial charge is 0.341 e. The molecule has 216 valence electrons. The third kappa shape index (κ3) is 2.43. The Labute approximate surface area is 230 Å². The number of hydrogen-bond acceptors (Lipinski definition) is 11. The van der Waals surface area contributed by atoms with E-state index in [1.54, 1.807) is 13.0 Å². The van der Waals surface area contributed by atoms with E-state index in [0.29, 0.717) is 12.0 Å². The van der Waals surface area contributed by atoms with Crippen molar-refractivity contribution >= 4 is 23.5 Å². The fourth-order valence-electron chi connectivity index (χ4n) is 10.3. The van der Waals surface area contributed by atoms with Crippen molar-refractivity contribution in [2.24, 2.45) is 29.1 Å². The van der Waals surface area contributed by atoms with Gasteiger partial charge in [-0.2, -0.15) is 0 Å². The molecule has 8 aliphatic rings. The molecular formula is C29H34O11. The van der Waals surface area contributed by atoms with E-state index < -0.39 is 93.0 Å².